The molecule has 35 heavy (non-hydrogen) atoms. The number of anilines is 3. The third-order valence-electron chi connectivity index (χ3n) is 6.75. The highest BCUT2D eigenvalue weighted by atomic mass is 19.4. The van der Waals surface area contributed by atoms with Gasteiger partial charge in [0.05, 0.1) is 31.0 Å². The highest BCUT2D eigenvalue weighted by Crippen LogP contribution is 2.35. The average Bonchev–Trinajstić information content (AvgIpc) is 3.30. The Morgan fingerprint density at radius 3 is 2.49 bits per heavy atom. The fourth-order valence-electron chi connectivity index (χ4n) is 4.83. The fourth-order valence-corrected chi connectivity index (χ4v) is 4.83. The molecule has 3 saturated heterocycles. The number of halogens is 5. The molecule has 5 heterocycles. The third kappa shape index (κ3) is 5.80. The number of piperidine rings is 1. The number of hydrogen-bond donors (Lipinski definition) is 1. The number of alkyl halides is 5. The summed E-state index contributed by atoms with van der Waals surface area (Å²) in [7, 11) is 0. The van der Waals surface area contributed by atoms with Gasteiger partial charge in [-0.2, -0.15) is 18.2 Å². The van der Waals surface area contributed by atoms with Crippen molar-refractivity contribution >= 4 is 17.6 Å². The zero-order valence-electron chi connectivity index (χ0n) is 19.1. The molecular formula is C23H27F5N6O. The van der Waals surface area contributed by atoms with E-state index in [4.69, 9.17) is 4.74 Å². The minimum atomic E-state index is -4.51. The maximum atomic E-state index is 13.5. The lowest BCUT2D eigenvalue weighted by Crippen LogP contribution is -2.57. The second kappa shape index (κ2) is 9.45. The summed E-state index contributed by atoms with van der Waals surface area (Å²) in [5, 5.41) is 2.82. The molecule has 0 spiro atoms. The van der Waals surface area contributed by atoms with Crippen LogP contribution in [0.4, 0.5) is 39.5 Å². The van der Waals surface area contributed by atoms with E-state index in [0.29, 0.717) is 11.6 Å². The Balaban J connectivity index is 1.33. The molecule has 3 aliphatic heterocycles. The lowest BCUT2D eigenvalue weighted by molar-refractivity contribution is -0.137. The molecule has 190 valence electrons. The Labute approximate surface area is 199 Å². The van der Waals surface area contributed by atoms with Gasteiger partial charge < -0.3 is 19.9 Å². The van der Waals surface area contributed by atoms with Crippen LogP contribution in [0.15, 0.2) is 24.4 Å². The molecule has 0 aliphatic carbocycles. The molecule has 0 saturated carbocycles. The number of pyridine rings is 1. The highest BCUT2D eigenvalue weighted by molar-refractivity contribution is 5.56. The number of nitrogens with one attached hydrogen (secondary N) is 1. The molecule has 0 radical (unpaired) electrons. The van der Waals surface area contributed by atoms with E-state index in [0.717, 1.165) is 70.4 Å². The van der Waals surface area contributed by atoms with Gasteiger partial charge in [-0.25, -0.2) is 18.7 Å². The Morgan fingerprint density at radius 1 is 1.06 bits per heavy atom. The van der Waals surface area contributed by atoms with Crippen LogP contribution in [-0.2, 0) is 10.9 Å². The standard InChI is InChI=1S/C23H27F5N6O/c24-22(25)13-34(14-22)21-30-18(16-2-6-33(7-3-16)11-15-4-8-35-12-15)10-20(32-21)31-19-9-17(1-5-29-19)23(26,27)28/h1,5,9-10,15-16H,2-4,6-8,11-14H2,(H,29,30,31,32). The molecule has 3 fully saturated rings. The Hall–Kier alpha value is -2.60. The van der Waals surface area contributed by atoms with Crippen molar-refractivity contribution in [1.29, 1.82) is 0 Å². The van der Waals surface area contributed by atoms with Crippen LogP contribution in [0.25, 0.3) is 0 Å². The third-order valence-corrected chi connectivity index (χ3v) is 6.75. The van der Waals surface area contributed by atoms with Gasteiger partial charge in [-0.1, -0.05) is 0 Å². The van der Waals surface area contributed by atoms with Crippen molar-refractivity contribution in [2.45, 2.75) is 37.3 Å². The van der Waals surface area contributed by atoms with Crippen molar-refractivity contribution in [3.63, 3.8) is 0 Å². The molecule has 12 heteroatoms. The maximum Gasteiger partial charge on any atom is 0.416 e. The lowest BCUT2D eigenvalue weighted by atomic mass is 9.92. The second-order valence-corrected chi connectivity index (χ2v) is 9.55. The number of ether oxygens (including phenoxy) is 1. The molecule has 2 aromatic heterocycles. The first-order chi connectivity index (χ1) is 16.6. The fraction of sp³-hybridized carbons (Fsp3) is 0.609. The smallest absolute Gasteiger partial charge is 0.381 e. The van der Waals surface area contributed by atoms with E-state index in [-0.39, 0.29) is 23.5 Å². The summed E-state index contributed by atoms with van der Waals surface area (Å²) in [6.07, 6.45) is -0.671. The van der Waals surface area contributed by atoms with E-state index in [1.165, 1.54) is 4.90 Å². The first-order valence-electron chi connectivity index (χ1n) is 11.8. The minimum absolute atomic E-state index is 0.0297. The van der Waals surface area contributed by atoms with Crippen LogP contribution < -0.4 is 10.2 Å². The summed E-state index contributed by atoms with van der Waals surface area (Å²) >= 11 is 0. The molecule has 0 bridgehead atoms. The molecule has 0 aromatic carbocycles. The summed E-state index contributed by atoms with van der Waals surface area (Å²) in [6.45, 7) is 3.42. The first kappa shape index (κ1) is 24.1. The first-order valence-corrected chi connectivity index (χ1v) is 11.8. The van der Waals surface area contributed by atoms with Gasteiger partial charge in [0, 0.05) is 31.3 Å². The monoisotopic (exact) mass is 498 g/mol. The number of aromatic nitrogens is 3. The van der Waals surface area contributed by atoms with Gasteiger partial charge in [0.1, 0.15) is 11.6 Å². The zero-order chi connectivity index (χ0) is 24.6. The van der Waals surface area contributed by atoms with Crippen molar-refractivity contribution in [1.82, 2.24) is 19.9 Å². The van der Waals surface area contributed by atoms with Gasteiger partial charge in [0.15, 0.2) is 0 Å². The zero-order valence-corrected chi connectivity index (χ0v) is 19.1. The van der Waals surface area contributed by atoms with E-state index < -0.39 is 30.8 Å². The normalized spacial score (nSPS) is 23.3. The summed E-state index contributed by atoms with van der Waals surface area (Å²) in [5.74, 6) is -1.79. The molecule has 1 unspecified atom stereocenters. The Bertz CT molecular complexity index is 1030. The molecule has 0 amide bonds. The van der Waals surface area contributed by atoms with Crippen molar-refractivity contribution in [2.75, 3.05) is 56.2 Å². The molecular weight excluding hydrogens is 471 g/mol. The molecule has 1 N–H and O–H groups in total. The summed E-state index contributed by atoms with van der Waals surface area (Å²) in [4.78, 5) is 16.6. The van der Waals surface area contributed by atoms with Crippen molar-refractivity contribution in [3.8, 4) is 0 Å². The van der Waals surface area contributed by atoms with Gasteiger partial charge in [-0.05, 0) is 50.4 Å². The minimum Gasteiger partial charge on any atom is -0.381 e. The highest BCUT2D eigenvalue weighted by Gasteiger charge is 2.45. The summed E-state index contributed by atoms with van der Waals surface area (Å²) in [5.41, 5.74) is -0.143. The number of nitrogens with zero attached hydrogens (tertiary/aromatic N) is 5. The van der Waals surface area contributed by atoms with E-state index in [1.807, 2.05) is 0 Å². The predicted octanol–water partition coefficient (Wildman–Crippen LogP) is 4.31. The van der Waals surface area contributed by atoms with Gasteiger partial charge in [0.2, 0.25) is 5.95 Å². The van der Waals surface area contributed by atoms with Crippen molar-refractivity contribution < 1.29 is 26.7 Å². The van der Waals surface area contributed by atoms with Crippen LogP contribution in [0.5, 0.6) is 0 Å². The maximum absolute atomic E-state index is 13.5. The number of hydrogen-bond acceptors (Lipinski definition) is 7. The van der Waals surface area contributed by atoms with Crippen molar-refractivity contribution in [3.05, 3.63) is 35.7 Å². The SMILES string of the molecule is FC1(F)CN(c2nc(Nc3cc(C(F)(F)F)ccn3)cc(C3CCN(CC4CCOC4)CC3)n2)C1. The van der Waals surface area contributed by atoms with Crippen LogP contribution in [0, 0.1) is 5.92 Å². The largest absolute Gasteiger partial charge is 0.416 e. The van der Waals surface area contributed by atoms with Crippen LogP contribution >= 0.6 is 0 Å². The summed E-state index contributed by atoms with van der Waals surface area (Å²) < 4.78 is 71.8. The number of likely N-dealkylation sites (tertiary alicyclic amines) is 1. The molecule has 2 aromatic rings. The van der Waals surface area contributed by atoms with E-state index in [9.17, 15) is 22.0 Å². The molecule has 7 nitrogen and oxygen atoms in total. The quantitative estimate of drug-likeness (QED) is 0.596. The van der Waals surface area contributed by atoms with Crippen molar-refractivity contribution in [2.24, 2.45) is 5.92 Å². The molecule has 5 rings (SSSR count). The van der Waals surface area contributed by atoms with Gasteiger partial charge in [-0.3, -0.25) is 0 Å². The number of rotatable bonds is 6. The van der Waals surface area contributed by atoms with Crippen LogP contribution in [0.1, 0.15) is 36.4 Å². The Kier molecular flexibility index (Phi) is 6.51. The topological polar surface area (TPSA) is 66.4 Å². The van der Waals surface area contributed by atoms with Crippen LogP contribution in [0.2, 0.25) is 0 Å². The van der Waals surface area contributed by atoms with E-state index >= 15 is 0 Å². The predicted molar refractivity (Wildman–Crippen MR) is 119 cm³/mol. The van der Waals surface area contributed by atoms with Gasteiger partial charge in [-0.15, -0.1) is 0 Å². The van der Waals surface area contributed by atoms with Gasteiger partial charge >= 0.3 is 6.18 Å². The second-order valence-electron chi connectivity index (χ2n) is 9.55. The van der Waals surface area contributed by atoms with Crippen LogP contribution in [0.3, 0.4) is 0 Å². The average molecular weight is 499 g/mol. The molecule has 1 atom stereocenters. The Morgan fingerprint density at radius 2 is 1.83 bits per heavy atom. The van der Waals surface area contributed by atoms with Crippen LogP contribution in [-0.4, -0.2) is 71.7 Å². The van der Waals surface area contributed by atoms with Gasteiger partial charge in [0.25, 0.3) is 5.92 Å². The van der Waals surface area contributed by atoms with E-state index in [1.54, 1.807) is 6.07 Å². The van der Waals surface area contributed by atoms with E-state index in [2.05, 4.69) is 25.2 Å². The lowest BCUT2D eigenvalue weighted by Gasteiger charge is -2.39. The summed E-state index contributed by atoms with van der Waals surface area (Å²) in [6, 6.07) is 3.47. The molecule has 3 aliphatic rings.